The van der Waals surface area contributed by atoms with E-state index >= 15 is 0 Å². The molecule has 0 unspecified atom stereocenters. The normalized spacial score (nSPS) is 13.2. The van der Waals surface area contributed by atoms with Crippen LogP contribution in [-0.2, 0) is 21.2 Å². The van der Waals surface area contributed by atoms with Crippen molar-refractivity contribution in [2.75, 3.05) is 0 Å². The third kappa shape index (κ3) is 6.06. The second kappa shape index (κ2) is 8.42. The summed E-state index contributed by atoms with van der Waals surface area (Å²) in [6.45, 7) is 6.91. The molecule has 0 saturated carbocycles. The van der Waals surface area contributed by atoms with Gasteiger partial charge in [0, 0.05) is 6.04 Å². The fraction of sp³-hybridized carbons (Fsp3) is 0.350. The first-order chi connectivity index (χ1) is 12.5. The number of aryl methyl sites for hydroxylation is 1. The van der Waals surface area contributed by atoms with E-state index in [2.05, 4.69) is 4.72 Å². The van der Waals surface area contributed by atoms with Gasteiger partial charge in [-0.3, -0.25) is 4.79 Å². The van der Waals surface area contributed by atoms with Gasteiger partial charge in [-0.2, -0.15) is 0 Å². The van der Waals surface area contributed by atoms with Gasteiger partial charge >= 0.3 is 0 Å². The fourth-order valence-corrected chi connectivity index (χ4v) is 3.76. The zero-order valence-corrected chi connectivity index (χ0v) is 17.4. The lowest BCUT2D eigenvalue weighted by molar-refractivity contribution is -0.123. The summed E-state index contributed by atoms with van der Waals surface area (Å²) < 4.78 is 33.2. The molecule has 2 rings (SSSR count). The molecular weight excluding hydrogens is 386 g/mol. The first-order valence-electron chi connectivity index (χ1n) is 8.56. The molecular formula is C20H24ClNO4S. The summed E-state index contributed by atoms with van der Waals surface area (Å²) in [5.74, 6) is 0.519. The van der Waals surface area contributed by atoms with Gasteiger partial charge in [0.25, 0.3) is 5.24 Å². The third-order valence-electron chi connectivity index (χ3n) is 4.00. The van der Waals surface area contributed by atoms with Crippen molar-refractivity contribution in [3.05, 3.63) is 59.7 Å². The van der Waals surface area contributed by atoms with Crippen LogP contribution in [0.5, 0.6) is 5.75 Å². The molecule has 1 atom stereocenters. The number of hydrogen-bond acceptors (Lipinski definition) is 4. The molecule has 0 amide bonds. The molecule has 2 aromatic carbocycles. The predicted octanol–water partition coefficient (Wildman–Crippen LogP) is 3.83. The molecule has 0 radical (unpaired) electrons. The van der Waals surface area contributed by atoms with Crippen LogP contribution in [0.2, 0.25) is 0 Å². The van der Waals surface area contributed by atoms with Crippen LogP contribution in [0.25, 0.3) is 0 Å². The molecule has 7 heteroatoms. The van der Waals surface area contributed by atoms with E-state index in [1.54, 1.807) is 50.2 Å². The molecule has 0 aliphatic carbocycles. The van der Waals surface area contributed by atoms with Gasteiger partial charge < -0.3 is 4.74 Å². The van der Waals surface area contributed by atoms with Crippen LogP contribution in [0.1, 0.15) is 31.9 Å². The van der Waals surface area contributed by atoms with Crippen molar-refractivity contribution < 1.29 is 17.9 Å². The second-order valence-electron chi connectivity index (χ2n) is 7.07. The quantitative estimate of drug-likeness (QED) is 0.672. The highest BCUT2D eigenvalue weighted by atomic mass is 35.5. The Morgan fingerprint density at radius 1 is 1.11 bits per heavy atom. The number of nitrogens with one attached hydrogen (secondary N) is 1. The zero-order chi connectivity index (χ0) is 20.2. The summed E-state index contributed by atoms with van der Waals surface area (Å²) in [4.78, 5) is 11.6. The zero-order valence-electron chi connectivity index (χ0n) is 15.8. The molecule has 0 aliphatic rings. The molecule has 0 spiro atoms. The van der Waals surface area contributed by atoms with Crippen LogP contribution in [0.4, 0.5) is 0 Å². The Labute approximate surface area is 165 Å². The molecule has 0 bridgehead atoms. The maximum atomic E-state index is 12.4. The number of ether oxygens (including phenoxy) is 1. The van der Waals surface area contributed by atoms with Gasteiger partial charge in [-0.15, -0.1) is 0 Å². The van der Waals surface area contributed by atoms with Crippen molar-refractivity contribution in [3.63, 3.8) is 0 Å². The summed E-state index contributed by atoms with van der Waals surface area (Å²) in [6, 6.07) is 13.6. The summed E-state index contributed by atoms with van der Waals surface area (Å²) in [7, 11) is -3.56. The van der Waals surface area contributed by atoms with E-state index in [0.717, 1.165) is 11.1 Å². The van der Waals surface area contributed by atoms with E-state index in [1.165, 1.54) is 0 Å². The number of carbonyl (C=O) groups is 1. The highest BCUT2D eigenvalue weighted by Crippen LogP contribution is 2.21. The molecule has 0 saturated heterocycles. The smallest absolute Gasteiger partial charge is 0.264 e. The summed E-state index contributed by atoms with van der Waals surface area (Å²) in [6.07, 6.45) is 0.517. The van der Waals surface area contributed by atoms with Crippen LogP contribution in [0, 0.1) is 6.92 Å². The van der Waals surface area contributed by atoms with Crippen LogP contribution in [0.3, 0.4) is 0 Å². The first kappa shape index (κ1) is 21.4. The van der Waals surface area contributed by atoms with E-state index < -0.39 is 20.9 Å². The molecule has 0 fully saturated rings. The maximum Gasteiger partial charge on any atom is 0.264 e. The molecule has 0 heterocycles. The Balaban J connectivity index is 2.00. The Bertz CT molecular complexity index is 891. The fourth-order valence-electron chi connectivity index (χ4n) is 2.47. The minimum Gasteiger partial charge on any atom is -0.479 e. The second-order valence-corrected chi connectivity index (χ2v) is 9.13. The van der Waals surface area contributed by atoms with Gasteiger partial charge in [-0.05, 0) is 75.5 Å². The van der Waals surface area contributed by atoms with Crippen molar-refractivity contribution in [1.82, 2.24) is 4.72 Å². The topological polar surface area (TPSA) is 72.5 Å². The van der Waals surface area contributed by atoms with Crippen LogP contribution in [0.15, 0.2) is 53.4 Å². The summed E-state index contributed by atoms with van der Waals surface area (Å²) in [5.41, 5.74) is 0.833. The molecule has 146 valence electrons. The number of carbonyl (C=O) groups excluding carboxylic acids is 1. The molecule has 0 aliphatic heterocycles. The molecule has 27 heavy (non-hydrogen) atoms. The van der Waals surface area contributed by atoms with Gasteiger partial charge in [0.2, 0.25) is 10.0 Å². The van der Waals surface area contributed by atoms with Gasteiger partial charge in [0.05, 0.1) is 4.90 Å². The van der Waals surface area contributed by atoms with Gasteiger partial charge in [-0.1, -0.05) is 29.8 Å². The number of sulfonamides is 1. The van der Waals surface area contributed by atoms with E-state index in [4.69, 9.17) is 16.3 Å². The van der Waals surface area contributed by atoms with Crippen molar-refractivity contribution in [2.24, 2.45) is 0 Å². The number of benzene rings is 2. The highest BCUT2D eigenvalue weighted by Gasteiger charge is 2.28. The summed E-state index contributed by atoms with van der Waals surface area (Å²) >= 11 is 5.51. The third-order valence-corrected chi connectivity index (χ3v) is 6.06. The van der Waals surface area contributed by atoms with Crippen molar-refractivity contribution in [2.45, 2.75) is 50.7 Å². The monoisotopic (exact) mass is 409 g/mol. The molecule has 0 aromatic heterocycles. The van der Waals surface area contributed by atoms with Gasteiger partial charge in [-0.25, -0.2) is 13.1 Å². The van der Waals surface area contributed by atoms with Crippen molar-refractivity contribution in [1.29, 1.82) is 0 Å². The number of halogens is 1. The SMILES string of the molecule is Cc1ccc(S(=O)(=O)N[C@H](C)Cc2ccc(OC(C)(C)C(=O)Cl)cc2)cc1. The van der Waals surface area contributed by atoms with Crippen molar-refractivity contribution in [3.8, 4) is 5.75 Å². The van der Waals surface area contributed by atoms with E-state index in [1.807, 2.05) is 26.0 Å². The van der Waals surface area contributed by atoms with Gasteiger partial charge in [0.1, 0.15) is 5.75 Å². The lowest BCUT2D eigenvalue weighted by Gasteiger charge is -2.22. The molecule has 2 aromatic rings. The minimum absolute atomic E-state index is 0.247. The first-order valence-corrected chi connectivity index (χ1v) is 10.4. The van der Waals surface area contributed by atoms with Crippen molar-refractivity contribution >= 4 is 26.9 Å². The minimum atomic E-state index is -3.56. The Morgan fingerprint density at radius 2 is 1.67 bits per heavy atom. The Kier molecular flexibility index (Phi) is 6.68. The molecule has 5 nitrogen and oxygen atoms in total. The largest absolute Gasteiger partial charge is 0.479 e. The lowest BCUT2D eigenvalue weighted by atomic mass is 10.1. The van der Waals surface area contributed by atoms with Gasteiger partial charge in [0.15, 0.2) is 5.60 Å². The number of hydrogen-bond donors (Lipinski definition) is 1. The average Bonchev–Trinajstić information content (AvgIpc) is 2.56. The maximum absolute atomic E-state index is 12.4. The van der Waals surface area contributed by atoms with Crippen LogP contribution in [-0.4, -0.2) is 25.3 Å². The highest BCUT2D eigenvalue weighted by molar-refractivity contribution is 7.89. The summed E-state index contributed by atoms with van der Waals surface area (Å²) in [5, 5.41) is -0.578. The van der Waals surface area contributed by atoms with E-state index in [-0.39, 0.29) is 10.9 Å². The Morgan fingerprint density at radius 3 is 2.19 bits per heavy atom. The van der Waals surface area contributed by atoms with E-state index in [9.17, 15) is 13.2 Å². The lowest BCUT2D eigenvalue weighted by Crippen LogP contribution is -2.35. The average molecular weight is 410 g/mol. The predicted molar refractivity (Wildman–Crippen MR) is 107 cm³/mol. The van der Waals surface area contributed by atoms with Crippen LogP contribution < -0.4 is 9.46 Å². The van der Waals surface area contributed by atoms with E-state index in [0.29, 0.717) is 12.2 Å². The molecule has 1 N–H and O–H groups in total. The number of rotatable bonds is 8. The Hall–Kier alpha value is -1.89. The standard InChI is InChI=1S/C20H24ClNO4S/c1-14-5-11-18(12-6-14)27(24,25)22-15(2)13-16-7-9-17(10-8-16)26-20(3,4)19(21)23/h5-12,15,22H,13H2,1-4H3/t15-/m1/s1. The van der Waals surface area contributed by atoms with Crippen LogP contribution >= 0.6 is 11.6 Å².